The van der Waals surface area contributed by atoms with Gasteiger partial charge in [0.05, 0.1) is 30.2 Å². The summed E-state index contributed by atoms with van der Waals surface area (Å²) in [5.74, 6) is 0.875. The topological polar surface area (TPSA) is 68.5 Å². The quantitative estimate of drug-likeness (QED) is 0.673. The van der Waals surface area contributed by atoms with Crippen molar-refractivity contribution in [2.45, 2.75) is 19.9 Å². The monoisotopic (exact) mass is 404 g/mol. The van der Waals surface area contributed by atoms with Gasteiger partial charge in [0.1, 0.15) is 11.6 Å². The molecule has 0 saturated heterocycles. The second kappa shape index (κ2) is 8.73. The van der Waals surface area contributed by atoms with Crippen LogP contribution in [0, 0.1) is 5.82 Å². The van der Waals surface area contributed by atoms with Crippen LogP contribution in [0.25, 0.3) is 6.08 Å². The number of hydrogen-bond acceptors (Lipinski definition) is 5. The molecular weight excluding hydrogens is 383 g/mol. The highest BCUT2D eigenvalue weighted by molar-refractivity contribution is 6.02. The lowest BCUT2D eigenvalue weighted by atomic mass is 10.1. The molecule has 30 heavy (non-hydrogen) atoms. The van der Waals surface area contributed by atoms with Gasteiger partial charge in [0.2, 0.25) is 0 Å². The van der Waals surface area contributed by atoms with Gasteiger partial charge in [-0.25, -0.2) is 9.37 Å². The zero-order valence-corrected chi connectivity index (χ0v) is 16.5. The van der Waals surface area contributed by atoms with Crippen molar-refractivity contribution >= 4 is 17.5 Å². The number of nitrogens with zero attached hydrogens (tertiary/aromatic N) is 3. The van der Waals surface area contributed by atoms with Crippen LogP contribution in [-0.2, 0) is 6.54 Å². The average molecular weight is 404 g/mol. The molecule has 2 heterocycles. The highest BCUT2D eigenvalue weighted by atomic mass is 19.1. The number of ether oxygens (including phenoxy) is 1. The first-order valence-corrected chi connectivity index (χ1v) is 9.73. The molecule has 0 spiro atoms. The molecule has 1 aliphatic rings. The van der Waals surface area contributed by atoms with Crippen molar-refractivity contribution in [1.29, 1.82) is 0 Å². The van der Waals surface area contributed by atoms with Crippen LogP contribution >= 0.6 is 0 Å². The van der Waals surface area contributed by atoms with Crippen molar-refractivity contribution < 1.29 is 9.13 Å². The summed E-state index contributed by atoms with van der Waals surface area (Å²) < 4.78 is 20.6. The van der Waals surface area contributed by atoms with Gasteiger partial charge in [-0.15, -0.1) is 0 Å². The number of fused-ring (bicyclic) bond motifs is 1. The highest BCUT2D eigenvalue weighted by Gasteiger charge is 2.12. The van der Waals surface area contributed by atoms with Gasteiger partial charge in [0, 0.05) is 12.5 Å². The maximum Gasteiger partial charge on any atom is 0.274 e. The summed E-state index contributed by atoms with van der Waals surface area (Å²) in [5.41, 5.74) is 2.25. The maximum atomic E-state index is 13.8. The number of benzene rings is 2. The van der Waals surface area contributed by atoms with E-state index in [1.54, 1.807) is 24.3 Å². The second-order valence-electron chi connectivity index (χ2n) is 6.70. The second-order valence-corrected chi connectivity index (χ2v) is 6.70. The molecule has 3 aromatic rings. The van der Waals surface area contributed by atoms with E-state index in [4.69, 9.17) is 4.74 Å². The molecule has 4 rings (SSSR count). The Hall–Kier alpha value is -3.74. The molecule has 152 valence electrons. The van der Waals surface area contributed by atoms with E-state index in [0.717, 1.165) is 17.0 Å². The summed E-state index contributed by atoms with van der Waals surface area (Å²) in [6, 6.07) is 15.4. The van der Waals surface area contributed by atoms with E-state index in [0.29, 0.717) is 30.2 Å². The van der Waals surface area contributed by atoms with Gasteiger partial charge in [-0.3, -0.25) is 4.79 Å². The van der Waals surface area contributed by atoms with Crippen molar-refractivity contribution in [2.75, 3.05) is 11.9 Å². The Kier molecular flexibility index (Phi) is 5.70. The molecule has 7 heteroatoms. The van der Waals surface area contributed by atoms with E-state index in [1.807, 2.05) is 37.3 Å². The summed E-state index contributed by atoms with van der Waals surface area (Å²) >= 11 is 0. The number of para-hydroxylation sites is 1. The molecule has 0 fully saturated rings. The minimum atomic E-state index is -0.353. The Balaban J connectivity index is 1.59. The van der Waals surface area contributed by atoms with Crippen LogP contribution < -0.4 is 15.6 Å². The number of allylic oxidation sites excluding steroid dienone is 1. The minimum Gasteiger partial charge on any atom is -0.494 e. The van der Waals surface area contributed by atoms with Gasteiger partial charge in [-0.1, -0.05) is 18.2 Å². The van der Waals surface area contributed by atoms with Crippen molar-refractivity contribution in [1.82, 2.24) is 9.66 Å². The number of aromatic nitrogens is 2. The summed E-state index contributed by atoms with van der Waals surface area (Å²) in [7, 11) is 0. The molecule has 6 nitrogen and oxygen atoms in total. The van der Waals surface area contributed by atoms with Crippen molar-refractivity contribution in [3.63, 3.8) is 0 Å². The molecule has 0 bridgehead atoms. The maximum absolute atomic E-state index is 13.8. The SMILES string of the molecule is CCOc1ccc(C2=Nn3c(nc(CNc4ccccc4F)cc3=O)C=CC2)cc1. The first-order chi connectivity index (χ1) is 14.6. The normalized spacial score (nSPS) is 12.7. The van der Waals surface area contributed by atoms with Gasteiger partial charge in [-0.2, -0.15) is 9.78 Å². The predicted molar refractivity (Wildman–Crippen MR) is 115 cm³/mol. The summed E-state index contributed by atoms with van der Waals surface area (Å²) in [4.78, 5) is 17.2. The molecule has 1 N–H and O–H groups in total. The summed E-state index contributed by atoms with van der Waals surface area (Å²) in [6.45, 7) is 2.77. The molecule has 0 aliphatic carbocycles. The molecule has 0 atom stereocenters. The van der Waals surface area contributed by atoms with Crippen molar-refractivity contribution in [2.24, 2.45) is 5.10 Å². The Morgan fingerprint density at radius 3 is 2.73 bits per heavy atom. The molecule has 0 amide bonds. The summed E-state index contributed by atoms with van der Waals surface area (Å²) in [6.07, 6.45) is 4.27. The van der Waals surface area contributed by atoms with Gasteiger partial charge in [-0.05, 0) is 55.0 Å². The molecule has 0 unspecified atom stereocenters. The lowest BCUT2D eigenvalue weighted by Crippen LogP contribution is -2.22. The first kappa shape index (κ1) is 19.6. The van der Waals surface area contributed by atoms with Crippen LogP contribution in [0.15, 0.2) is 70.6 Å². The van der Waals surface area contributed by atoms with Crippen LogP contribution in [-0.4, -0.2) is 22.0 Å². The van der Waals surface area contributed by atoms with Crippen molar-refractivity contribution in [3.05, 3.63) is 93.9 Å². The minimum absolute atomic E-state index is 0.229. The van der Waals surface area contributed by atoms with E-state index < -0.39 is 0 Å². The number of anilines is 1. The number of halogens is 1. The molecule has 1 aromatic heterocycles. The van der Waals surface area contributed by atoms with Crippen LogP contribution in [0.3, 0.4) is 0 Å². The van der Waals surface area contributed by atoms with Crippen molar-refractivity contribution in [3.8, 4) is 5.75 Å². The zero-order chi connectivity index (χ0) is 20.9. The number of hydrogen-bond donors (Lipinski definition) is 1. The fourth-order valence-electron chi connectivity index (χ4n) is 3.16. The number of nitrogens with one attached hydrogen (secondary N) is 1. The Bertz CT molecular complexity index is 1170. The highest BCUT2D eigenvalue weighted by Crippen LogP contribution is 2.17. The standard InChI is InChI=1S/C23H21FN4O2/c1-2-30-18-12-10-16(11-13-18)20-8-5-9-22-26-17(14-23(29)28(22)27-20)15-25-21-7-4-3-6-19(21)24/h3-7,9-14,25H,2,8,15H2,1H3. The molecule has 0 radical (unpaired) electrons. The average Bonchev–Trinajstić information content (AvgIpc) is 2.97. The third-order valence-electron chi connectivity index (χ3n) is 4.61. The Labute approximate surface area is 173 Å². The fraction of sp³-hybridized carbons (Fsp3) is 0.174. The lowest BCUT2D eigenvalue weighted by Gasteiger charge is -2.10. The van der Waals surface area contributed by atoms with Gasteiger partial charge in [0.25, 0.3) is 5.56 Å². The molecular formula is C23H21FN4O2. The van der Waals surface area contributed by atoms with Crippen LogP contribution in [0.5, 0.6) is 5.75 Å². The molecule has 1 aliphatic heterocycles. The fourth-order valence-corrected chi connectivity index (χ4v) is 3.16. The molecule has 2 aromatic carbocycles. The van der Waals surface area contributed by atoms with Crippen LogP contribution in [0.1, 0.15) is 30.4 Å². The van der Waals surface area contributed by atoms with Gasteiger partial charge < -0.3 is 10.1 Å². The predicted octanol–water partition coefficient (Wildman–Crippen LogP) is 4.06. The number of rotatable bonds is 6. The van der Waals surface area contributed by atoms with Gasteiger partial charge in [0.15, 0.2) is 5.82 Å². The van der Waals surface area contributed by atoms with Gasteiger partial charge >= 0.3 is 0 Å². The van der Waals surface area contributed by atoms with E-state index in [-0.39, 0.29) is 17.9 Å². The summed E-state index contributed by atoms with van der Waals surface area (Å²) in [5, 5.41) is 7.50. The Morgan fingerprint density at radius 1 is 1.17 bits per heavy atom. The third kappa shape index (κ3) is 4.30. The smallest absolute Gasteiger partial charge is 0.274 e. The largest absolute Gasteiger partial charge is 0.494 e. The Morgan fingerprint density at radius 2 is 1.97 bits per heavy atom. The van der Waals surface area contributed by atoms with E-state index in [1.165, 1.54) is 16.8 Å². The van der Waals surface area contributed by atoms with Crippen LogP contribution in [0.2, 0.25) is 0 Å². The first-order valence-electron chi connectivity index (χ1n) is 9.73. The zero-order valence-electron chi connectivity index (χ0n) is 16.5. The van der Waals surface area contributed by atoms with E-state index in [2.05, 4.69) is 15.4 Å². The lowest BCUT2D eigenvalue weighted by molar-refractivity contribution is 0.340. The van der Waals surface area contributed by atoms with E-state index in [9.17, 15) is 9.18 Å². The van der Waals surface area contributed by atoms with E-state index >= 15 is 0 Å². The molecule has 0 saturated carbocycles. The third-order valence-corrected chi connectivity index (χ3v) is 4.61. The van der Waals surface area contributed by atoms with Crippen LogP contribution in [0.4, 0.5) is 10.1 Å².